The normalized spacial score (nSPS) is 15.6. The molecule has 1 aromatic heterocycles. The number of nitrogens with one attached hydrogen (secondary N) is 1. The third-order valence-electron chi connectivity index (χ3n) is 2.81. The van der Waals surface area contributed by atoms with Crippen molar-refractivity contribution < 1.29 is 4.74 Å². The predicted molar refractivity (Wildman–Crippen MR) is 62.1 cm³/mol. The number of ether oxygens (including phenoxy) is 1. The number of aryl methyl sites for hydroxylation is 1. The average molecular weight is 231 g/mol. The molecule has 3 rings (SSSR count). The summed E-state index contributed by atoms with van der Waals surface area (Å²) in [5.74, 6) is 0. The maximum atomic E-state index is 5.13. The molecule has 0 radical (unpaired) electrons. The summed E-state index contributed by atoms with van der Waals surface area (Å²) in [7, 11) is 0. The number of tetrazole rings is 1. The van der Waals surface area contributed by atoms with Crippen LogP contribution in [0.25, 0.3) is 5.69 Å². The Balaban J connectivity index is 1.89. The van der Waals surface area contributed by atoms with Crippen LogP contribution >= 0.6 is 0 Å². The number of anilines is 1. The number of hydrogen-bond acceptors (Lipinski definition) is 5. The lowest BCUT2D eigenvalue weighted by atomic mass is 10.1. The fourth-order valence-electron chi connectivity index (χ4n) is 1.77. The van der Waals surface area contributed by atoms with E-state index < -0.39 is 0 Å². The third-order valence-corrected chi connectivity index (χ3v) is 2.81. The second kappa shape index (κ2) is 4.14. The van der Waals surface area contributed by atoms with Crippen molar-refractivity contribution in [3.63, 3.8) is 0 Å². The van der Waals surface area contributed by atoms with E-state index >= 15 is 0 Å². The second-order valence-corrected chi connectivity index (χ2v) is 4.13. The molecule has 1 N–H and O–H groups in total. The molecule has 2 aromatic rings. The molecule has 0 amide bonds. The second-order valence-electron chi connectivity index (χ2n) is 4.13. The van der Waals surface area contributed by atoms with Gasteiger partial charge in [-0.05, 0) is 35.0 Å². The molecule has 0 atom stereocenters. The van der Waals surface area contributed by atoms with Crippen molar-refractivity contribution >= 4 is 5.69 Å². The molecule has 0 unspecified atom stereocenters. The Morgan fingerprint density at radius 2 is 2.29 bits per heavy atom. The van der Waals surface area contributed by atoms with E-state index in [1.54, 1.807) is 11.0 Å². The molecule has 1 fully saturated rings. The van der Waals surface area contributed by atoms with Gasteiger partial charge < -0.3 is 10.1 Å². The molecular formula is C11H13N5O. The Morgan fingerprint density at radius 1 is 1.41 bits per heavy atom. The van der Waals surface area contributed by atoms with Crippen LogP contribution in [-0.2, 0) is 4.74 Å². The maximum absolute atomic E-state index is 5.13. The Morgan fingerprint density at radius 3 is 2.94 bits per heavy atom. The van der Waals surface area contributed by atoms with E-state index in [0.717, 1.165) is 30.2 Å². The monoisotopic (exact) mass is 231 g/mol. The van der Waals surface area contributed by atoms with Gasteiger partial charge in [0, 0.05) is 5.69 Å². The van der Waals surface area contributed by atoms with Crippen LogP contribution in [0.2, 0.25) is 0 Å². The van der Waals surface area contributed by atoms with Crippen molar-refractivity contribution in [3.8, 4) is 5.69 Å². The quantitative estimate of drug-likeness (QED) is 0.845. The number of benzene rings is 1. The highest BCUT2D eigenvalue weighted by atomic mass is 16.5. The summed E-state index contributed by atoms with van der Waals surface area (Å²) in [6, 6.07) is 6.57. The van der Waals surface area contributed by atoms with Crippen LogP contribution < -0.4 is 5.32 Å². The van der Waals surface area contributed by atoms with Gasteiger partial charge in [0.2, 0.25) is 0 Å². The Bertz CT molecular complexity index is 507. The minimum Gasteiger partial charge on any atom is -0.378 e. The number of rotatable bonds is 3. The molecule has 1 aliphatic rings. The highest BCUT2D eigenvalue weighted by Crippen LogP contribution is 2.20. The van der Waals surface area contributed by atoms with Crippen molar-refractivity contribution in [2.24, 2.45) is 0 Å². The van der Waals surface area contributed by atoms with Gasteiger partial charge in [-0.2, -0.15) is 0 Å². The minimum absolute atomic E-state index is 0.416. The van der Waals surface area contributed by atoms with E-state index in [1.807, 2.05) is 13.0 Å². The average Bonchev–Trinajstić information content (AvgIpc) is 2.79. The summed E-state index contributed by atoms with van der Waals surface area (Å²) in [5, 5.41) is 14.6. The number of nitrogens with zero attached hydrogens (tertiary/aromatic N) is 4. The van der Waals surface area contributed by atoms with Crippen LogP contribution in [0.3, 0.4) is 0 Å². The maximum Gasteiger partial charge on any atom is 0.143 e. The van der Waals surface area contributed by atoms with Crippen LogP contribution in [0.1, 0.15) is 5.56 Å². The topological polar surface area (TPSA) is 64.9 Å². The van der Waals surface area contributed by atoms with Gasteiger partial charge in [-0.1, -0.05) is 6.07 Å². The van der Waals surface area contributed by atoms with Crippen molar-refractivity contribution in [1.29, 1.82) is 0 Å². The molecule has 0 saturated carbocycles. The summed E-state index contributed by atoms with van der Waals surface area (Å²) in [4.78, 5) is 0. The van der Waals surface area contributed by atoms with E-state index in [4.69, 9.17) is 4.74 Å². The summed E-state index contributed by atoms with van der Waals surface area (Å²) in [5.41, 5.74) is 3.18. The van der Waals surface area contributed by atoms with Gasteiger partial charge >= 0.3 is 0 Å². The molecule has 17 heavy (non-hydrogen) atoms. The van der Waals surface area contributed by atoms with E-state index in [0.29, 0.717) is 6.04 Å². The van der Waals surface area contributed by atoms with Crippen molar-refractivity contribution in [2.75, 3.05) is 18.5 Å². The van der Waals surface area contributed by atoms with E-state index in [9.17, 15) is 0 Å². The Labute approximate surface area is 98.6 Å². The molecular weight excluding hydrogens is 218 g/mol. The molecule has 88 valence electrons. The van der Waals surface area contributed by atoms with Gasteiger partial charge in [0.15, 0.2) is 0 Å². The Kier molecular flexibility index (Phi) is 2.49. The Hall–Kier alpha value is -1.95. The van der Waals surface area contributed by atoms with Crippen LogP contribution in [0.4, 0.5) is 5.69 Å². The summed E-state index contributed by atoms with van der Waals surface area (Å²) in [6.07, 6.45) is 1.60. The zero-order chi connectivity index (χ0) is 11.7. The fraction of sp³-hybridized carbons (Fsp3) is 0.364. The van der Waals surface area contributed by atoms with Crippen LogP contribution in [0, 0.1) is 6.92 Å². The lowest BCUT2D eigenvalue weighted by Crippen LogP contribution is -2.40. The third kappa shape index (κ3) is 1.99. The standard InChI is InChI=1S/C11H13N5O/c1-8-2-3-9(13-10-5-17-6-10)4-11(8)16-7-12-14-15-16/h2-4,7,10,13H,5-6H2,1H3. The smallest absolute Gasteiger partial charge is 0.143 e. The van der Waals surface area contributed by atoms with Gasteiger partial charge in [0.25, 0.3) is 0 Å². The number of aromatic nitrogens is 4. The van der Waals surface area contributed by atoms with Crippen molar-refractivity contribution in [1.82, 2.24) is 20.2 Å². The molecule has 0 aliphatic carbocycles. The first kappa shape index (κ1) is 10.2. The number of hydrogen-bond donors (Lipinski definition) is 1. The SMILES string of the molecule is Cc1ccc(NC2COC2)cc1-n1cnnn1. The van der Waals surface area contributed by atoms with Crippen LogP contribution in [0.5, 0.6) is 0 Å². The summed E-state index contributed by atoms with van der Waals surface area (Å²) >= 11 is 0. The van der Waals surface area contributed by atoms with Gasteiger partial charge in [-0.25, -0.2) is 4.68 Å². The minimum atomic E-state index is 0.416. The zero-order valence-electron chi connectivity index (χ0n) is 9.50. The predicted octanol–water partition coefficient (Wildman–Crippen LogP) is 0.781. The highest BCUT2D eigenvalue weighted by Gasteiger charge is 2.18. The molecule has 2 heterocycles. The summed E-state index contributed by atoms with van der Waals surface area (Å²) < 4.78 is 6.80. The first-order valence-corrected chi connectivity index (χ1v) is 5.51. The largest absolute Gasteiger partial charge is 0.378 e. The van der Waals surface area contributed by atoms with Crippen molar-refractivity contribution in [3.05, 3.63) is 30.1 Å². The molecule has 1 aliphatic heterocycles. The van der Waals surface area contributed by atoms with Gasteiger partial charge in [0.05, 0.1) is 24.9 Å². The molecule has 6 heteroatoms. The van der Waals surface area contributed by atoms with Gasteiger partial charge in [-0.15, -0.1) is 5.10 Å². The molecule has 1 saturated heterocycles. The van der Waals surface area contributed by atoms with Crippen LogP contribution in [-0.4, -0.2) is 39.5 Å². The van der Waals surface area contributed by atoms with E-state index in [-0.39, 0.29) is 0 Å². The van der Waals surface area contributed by atoms with Crippen molar-refractivity contribution in [2.45, 2.75) is 13.0 Å². The van der Waals surface area contributed by atoms with E-state index in [1.165, 1.54) is 0 Å². The van der Waals surface area contributed by atoms with Gasteiger partial charge in [0.1, 0.15) is 6.33 Å². The lowest BCUT2D eigenvalue weighted by Gasteiger charge is -2.28. The summed E-state index contributed by atoms with van der Waals surface area (Å²) in [6.45, 7) is 3.58. The molecule has 1 aromatic carbocycles. The molecule has 0 bridgehead atoms. The molecule has 0 spiro atoms. The fourth-order valence-corrected chi connectivity index (χ4v) is 1.77. The first-order valence-electron chi connectivity index (χ1n) is 5.51. The highest BCUT2D eigenvalue weighted by molar-refractivity contribution is 5.55. The molecule has 6 nitrogen and oxygen atoms in total. The van der Waals surface area contributed by atoms with Gasteiger partial charge in [-0.3, -0.25) is 0 Å². The first-order chi connectivity index (χ1) is 8.33. The van der Waals surface area contributed by atoms with E-state index in [2.05, 4.69) is 33.0 Å². The zero-order valence-corrected chi connectivity index (χ0v) is 9.50. The lowest BCUT2D eigenvalue weighted by molar-refractivity contribution is 0.0211. The van der Waals surface area contributed by atoms with Crippen LogP contribution in [0.15, 0.2) is 24.5 Å².